The van der Waals surface area contributed by atoms with Gasteiger partial charge in [-0.15, -0.1) is 0 Å². The molecule has 0 amide bonds. The maximum atomic E-state index is 11.4. The van der Waals surface area contributed by atoms with Gasteiger partial charge in [-0.3, -0.25) is 0 Å². The summed E-state index contributed by atoms with van der Waals surface area (Å²) in [6, 6.07) is 8.40. The summed E-state index contributed by atoms with van der Waals surface area (Å²) in [5.74, 6) is 1.91. The number of aliphatic hydroxyl groups excluding tert-OH is 2. The molecule has 5 rings (SSSR count). The first-order valence-corrected chi connectivity index (χ1v) is 12.1. The molecule has 0 saturated heterocycles. The first-order chi connectivity index (χ1) is 13.8. The van der Waals surface area contributed by atoms with Gasteiger partial charge in [0.25, 0.3) is 0 Å². The van der Waals surface area contributed by atoms with E-state index in [0.717, 1.165) is 43.0 Å². The topological polar surface area (TPSA) is 40.5 Å². The molecular formula is C26H33BrO2. The van der Waals surface area contributed by atoms with Gasteiger partial charge in [-0.1, -0.05) is 59.6 Å². The van der Waals surface area contributed by atoms with E-state index in [-0.39, 0.29) is 23.0 Å². The molecule has 0 unspecified atom stereocenters. The number of hydrogen-bond donors (Lipinski definition) is 2. The highest BCUT2D eigenvalue weighted by Gasteiger charge is 2.59. The fraction of sp³-hybridized carbons (Fsp3) is 0.615. The molecule has 4 aliphatic carbocycles. The summed E-state index contributed by atoms with van der Waals surface area (Å²) in [4.78, 5) is 0. The predicted molar refractivity (Wildman–Crippen MR) is 121 cm³/mol. The van der Waals surface area contributed by atoms with Gasteiger partial charge in [0.1, 0.15) is 0 Å². The van der Waals surface area contributed by atoms with Gasteiger partial charge in [-0.25, -0.2) is 0 Å². The zero-order chi connectivity index (χ0) is 20.4. The number of fused-ring (bicyclic) bond motifs is 5. The summed E-state index contributed by atoms with van der Waals surface area (Å²) in [6.45, 7) is 4.81. The van der Waals surface area contributed by atoms with E-state index in [9.17, 15) is 10.2 Å². The van der Waals surface area contributed by atoms with Gasteiger partial charge in [0, 0.05) is 9.89 Å². The molecule has 3 fully saturated rings. The van der Waals surface area contributed by atoms with Crippen molar-refractivity contribution in [1.29, 1.82) is 0 Å². The van der Waals surface area contributed by atoms with E-state index in [1.807, 2.05) is 0 Å². The van der Waals surface area contributed by atoms with Crippen LogP contribution in [0.5, 0.6) is 0 Å². The minimum Gasteiger partial charge on any atom is -0.393 e. The molecule has 0 aliphatic heterocycles. The van der Waals surface area contributed by atoms with Crippen LogP contribution >= 0.6 is 15.9 Å². The summed E-state index contributed by atoms with van der Waals surface area (Å²) in [6.07, 6.45) is 11.6. The number of halogens is 1. The van der Waals surface area contributed by atoms with Crippen LogP contribution in [0.25, 0.3) is 6.08 Å². The Morgan fingerprint density at radius 3 is 2.52 bits per heavy atom. The Hall–Kier alpha value is -0.900. The molecule has 0 heterocycles. The fourth-order valence-electron chi connectivity index (χ4n) is 7.41. The number of allylic oxidation sites excluding steroid dienone is 1. The molecule has 0 bridgehead atoms. The highest BCUT2D eigenvalue weighted by Crippen LogP contribution is 2.65. The monoisotopic (exact) mass is 456 g/mol. The minimum atomic E-state index is -0.330. The fourth-order valence-corrected chi connectivity index (χ4v) is 7.68. The molecule has 29 heavy (non-hydrogen) atoms. The van der Waals surface area contributed by atoms with E-state index in [2.05, 4.69) is 66.2 Å². The van der Waals surface area contributed by atoms with Gasteiger partial charge in [0.15, 0.2) is 0 Å². The second-order valence-corrected chi connectivity index (χ2v) is 11.5. The molecule has 3 heteroatoms. The van der Waals surface area contributed by atoms with E-state index in [1.165, 1.54) is 23.1 Å². The van der Waals surface area contributed by atoms with Crippen molar-refractivity contribution in [3.05, 3.63) is 51.5 Å². The average Bonchev–Trinajstić information content (AvgIpc) is 2.95. The van der Waals surface area contributed by atoms with Gasteiger partial charge in [0.2, 0.25) is 0 Å². The highest BCUT2D eigenvalue weighted by molar-refractivity contribution is 9.10. The SMILES string of the molecule is C[C@]12CC[C@H]3[C@@H](CC=C4C[C@@H](O)CC[C@@]43C)[C@@H]1C/C(=C\c1ccc(Br)cc1)[C@@H]2O. The lowest BCUT2D eigenvalue weighted by Gasteiger charge is -2.57. The van der Waals surface area contributed by atoms with Crippen LogP contribution in [0.15, 0.2) is 46.0 Å². The summed E-state index contributed by atoms with van der Waals surface area (Å²) in [7, 11) is 0. The van der Waals surface area contributed by atoms with Crippen LogP contribution in [0.4, 0.5) is 0 Å². The molecule has 3 saturated carbocycles. The first kappa shape index (κ1) is 20.0. The lowest BCUT2D eigenvalue weighted by atomic mass is 9.48. The Kier molecular flexibility index (Phi) is 4.88. The standard InChI is InChI=1S/C26H33BrO2/c1-25-11-9-20(28)15-18(25)5-8-21-22(25)10-12-26(2)23(21)14-17(24(26)29)13-16-3-6-19(27)7-4-16/h3-7,13,20-24,28-29H,8-12,14-15H2,1-2H3/b17-13+/t20-,21+,22-,23-,24-,25-,26-/m0/s1. The normalized spacial score (nSPS) is 45.3. The van der Waals surface area contributed by atoms with Crippen LogP contribution in [0.3, 0.4) is 0 Å². The van der Waals surface area contributed by atoms with Crippen LogP contribution in [0.2, 0.25) is 0 Å². The molecule has 0 radical (unpaired) electrons. The van der Waals surface area contributed by atoms with Gasteiger partial charge in [0.05, 0.1) is 12.2 Å². The van der Waals surface area contributed by atoms with E-state index < -0.39 is 0 Å². The van der Waals surface area contributed by atoms with Gasteiger partial charge >= 0.3 is 0 Å². The Labute approximate surface area is 183 Å². The van der Waals surface area contributed by atoms with E-state index in [0.29, 0.717) is 17.8 Å². The van der Waals surface area contributed by atoms with Gasteiger partial charge in [-0.2, -0.15) is 0 Å². The zero-order valence-corrected chi connectivity index (χ0v) is 19.2. The summed E-state index contributed by atoms with van der Waals surface area (Å²) < 4.78 is 1.09. The largest absolute Gasteiger partial charge is 0.393 e. The third-order valence-electron chi connectivity index (χ3n) is 9.17. The zero-order valence-electron chi connectivity index (χ0n) is 17.6. The molecule has 2 nitrogen and oxygen atoms in total. The van der Waals surface area contributed by atoms with Crippen molar-refractivity contribution in [1.82, 2.24) is 0 Å². The Bertz CT molecular complexity index is 856. The second kappa shape index (κ2) is 7.07. The summed E-state index contributed by atoms with van der Waals surface area (Å²) in [5, 5.41) is 21.5. The molecule has 156 valence electrons. The molecular weight excluding hydrogens is 424 g/mol. The molecule has 4 aliphatic rings. The number of aliphatic hydroxyl groups is 2. The van der Waals surface area contributed by atoms with Crippen molar-refractivity contribution in [2.24, 2.45) is 28.6 Å². The Morgan fingerprint density at radius 1 is 1.00 bits per heavy atom. The molecule has 0 aromatic heterocycles. The molecule has 7 atom stereocenters. The Balaban J connectivity index is 1.46. The summed E-state index contributed by atoms with van der Waals surface area (Å²) >= 11 is 3.51. The molecule has 0 spiro atoms. The van der Waals surface area contributed by atoms with E-state index >= 15 is 0 Å². The predicted octanol–water partition coefficient (Wildman–Crippen LogP) is 6.13. The smallest absolute Gasteiger partial charge is 0.0809 e. The van der Waals surface area contributed by atoms with Crippen molar-refractivity contribution in [2.75, 3.05) is 0 Å². The second-order valence-electron chi connectivity index (χ2n) is 10.6. The maximum absolute atomic E-state index is 11.4. The molecule has 1 aromatic carbocycles. The summed E-state index contributed by atoms with van der Waals surface area (Å²) in [5.41, 5.74) is 4.18. The van der Waals surface area contributed by atoms with Crippen LogP contribution in [-0.2, 0) is 0 Å². The Morgan fingerprint density at radius 2 is 1.76 bits per heavy atom. The third kappa shape index (κ3) is 3.11. The molecule has 1 aromatic rings. The average molecular weight is 457 g/mol. The number of hydrogen-bond acceptors (Lipinski definition) is 2. The highest BCUT2D eigenvalue weighted by atomic mass is 79.9. The quantitative estimate of drug-likeness (QED) is 0.499. The molecule has 2 N–H and O–H groups in total. The lowest BCUT2D eigenvalue weighted by molar-refractivity contribution is -0.0685. The van der Waals surface area contributed by atoms with Crippen LogP contribution in [0.1, 0.15) is 64.4 Å². The first-order valence-electron chi connectivity index (χ1n) is 11.3. The van der Waals surface area contributed by atoms with Crippen LogP contribution < -0.4 is 0 Å². The third-order valence-corrected chi connectivity index (χ3v) is 9.70. The van der Waals surface area contributed by atoms with E-state index in [4.69, 9.17) is 0 Å². The van der Waals surface area contributed by atoms with Crippen molar-refractivity contribution in [2.45, 2.75) is 71.0 Å². The maximum Gasteiger partial charge on any atom is 0.0809 e. The van der Waals surface area contributed by atoms with Crippen molar-refractivity contribution >= 4 is 22.0 Å². The minimum absolute atomic E-state index is 0.00174. The lowest BCUT2D eigenvalue weighted by Crippen LogP contribution is -2.51. The van der Waals surface area contributed by atoms with Crippen LogP contribution in [-0.4, -0.2) is 22.4 Å². The van der Waals surface area contributed by atoms with Crippen molar-refractivity contribution in [3.63, 3.8) is 0 Å². The van der Waals surface area contributed by atoms with Gasteiger partial charge < -0.3 is 10.2 Å². The van der Waals surface area contributed by atoms with E-state index in [1.54, 1.807) is 0 Å². The number of benzene rings is 1. The van der Waals surface area contributed by atoms with Crippen molar-refractivity contribution < 1.29 is 10.2 Å². The van der Waals surface area contributed by atoms with Crippen LogP contribution in [0, 0.1) is 28.6 Å². The van der Waals surface area contributed by atoms with Crippen molar-refractivity contribution in [3.8, 4) is 0 Å². The van der Waals surface area contributed by atoms with Gasteiger partial charge in [-0.05, 0) is 91.4 Å². The number of rotatable bonds is 1.